The molecule has 2 saturated heterocycles. The highest BCUT2D eigenvalue weighted by Gasteiger charge is 2.75. The predicted octanol–water partition coefficient (Wildman–Crippen LogP) is 4.05. The van der Waals surface area contributed by atoms with Crippen LogP contribution in [0.1, 0.15) is 18.4 Å². The zero-order chi connectivity index (χ0) is 31.0. The normalized spacial score (nSPS) is 31.7. The molecule has 6 atom stereocenters. The molecule has 2 aromatic rings. The predicted molar refractivity (Wildman–Crippen MR) is 156 cm³/mol. The van der Waals surface area contributed by atoms with Gasteiger partial charge in [-0.05, 0) is 42.5 Å². The van der Waals surface area contributed by atoms with Crippen LogP contribution in [-0.2, 0) is 19.2 Å². The van der Waals surface area contributed by atoms with E-state index >= 15 is 0 Å². The number of allylic oxidation sites excluding steroid dienone is 3. The minimum Gasteiger partial charge on any atom is -0.504 e. The fraction of sp³-hybridized carbons (Fsp3) is 0.333. The zero-order valence-corrected chi connectivity index (χ0v) is 24.4. The minimum absolute atomic E-state index is 0.0668. The van der Waals surface area contributed by atoms with Crippen molar-refractivity contribution in [3.05, 3.63) is 75.9 Å². The first-order valence-corrected chi connectivity index (χ1v) is 14.2. The van der Waals surface area contributed by atoms with Gasteiger partial charge >= 0.3 is 0 Å². The number of aromatic hydroxyl groups is 1. The average molecular weight is 626 g/mol. The van der Waals surface area contributed by atoms with Crippen LogP contribution in [0.3, 0.4) is 0 Å². The molecule has 0 spiro atoms. The molecule has 43 heavy (non-hydrogen) atoms. The van der Waals surface area contributed by atoms with Gasteiger partial charge in [-0.2, -0.15) is 0 Å². The third kappa shape index (κ3) is 3.94. The van der Waals surface area contributed by atoms with E-state index in [1.165, 1.54) is 44.5 Å². The smallest absolute Gasteiger partial charge is 0.271 e. The maximum absolute atomic E-state index is 14.0. The molecule has 4 aliphatic rings. The number of methoxy groups -OCH3 is 1. The fourth-order valence-corrected chi connectivity index (χ4v) is 7.97. The van der Waals surface area contributed by atoms with Crippen LogP contribution in [0.25, 0.3) is 6.08 Å². The molecule has 0 aromatic heterocycles. The molecule has 2 heterocycles. The van der Waals surface area contributed by atoms with Gasteiger partial charge in [0, 0.05) is 25.1 Å². The molecule has 222 valence electrons. The van der Waals surface area contributed by atoms with Crippen LogP contribution in [-0.4, -0.2) is 62.5 Å². The molecule has 2 aromatic carbocycles. The maximum Gasteiger partial charge on any atom is 0.271 e. The van der Waals surface area contributed by atoms with Gasteiger partial charge in [-0.15, -0.1) is 23.2 Å². The Morgan fingerprint density at radius 1 is 1.07 bits per heavy atom. The number of nitro groups is 1. The second kappa shape index (κ2) is 9.92. The van der Waals surface area contributed by atoms with E-state index in [0.29, 0.717) is 11.1 Å². The summed E-state index contributed by atoms with van der Waals surface area (Å²) in [6.45, 7) is 0. The van der Waals surface area contributed by atoms with Crippen molar-refractivity contribution in [3.8, 4) is 11.5 Å². The summed E-state index contributed by atoms with van der Waals surface area (Å²) in [4.78, 5) is 63.4. The third-order valence-corrected chi connectivity index (χ3v) is 10.5. The Morgan fingerprint density at radius 2 is 1.81 bits per heavy atom. The molecule has 1 saturated carbocycles. The van der Waals surface area contributed by atoms with Gasteiger partial charge in [0.1, 0.15) is 0 Å². The SMILES string of the molecule is COc1cc(C=CC2C3=CCC4C(=O)N(c5cccc([N+](=O)[O-])c5)C(=O)C4C3CC3(Cl)C(=O)N(C)C(=O)C23Cl)ccc1O. The summed E-state index contributed by atoms with van der Waals surface area (Å²) in [7, 11) is 2.71. The van der Waals surface area contributed by atoms with Gasteiger partial charge in [-0.3, -0.25) is 34.2 Å². The molecule has 4 amide bonds. The number of anilines is 1. The molecule has 11 nitrogen and oxygen atoms in total. The van der Waals surface area contributed by atoms with Crippen molar-refractivity contribution in [2.24, 2.45) is 23.7 Å². The first-order valence-electron chi connectivity index (χ1n) is 13.4. The number of rotatable bonds is 5. The Hall–Kier alpha value is -4.22. The Labute approximate surface area is 255 Å². The van der Waals surface area contributed by atoms with Gasteiger partial charge < -0.3 is 9.84 Å². The van der Waals surface area contributed by atoms with Crippen LogP contribution in [0.2, 0.25) is 0 Å². The number of amides is 4. The second-order valence-electron chi connectivity index (χ2n) is 11.1. The summed E-state index contributed by atoms with van der Waals surface area (Å²) in [5, 5.41) is 21.4. The topological polar surface area (TPSA) is 147 Å². The number of nitro benzene ring substituents is 1. The molecule has 13 heteroatoms. The first kappa shape index (κ1) is 28.9. The van der Waals surface area contributed by atoms with E-state index in [9.17, 15) is 34.4 Å². The number of halogens is 2. The summed E-state index contributed by atoms with van der Waals surface area (Å²) in [6, 6.07) is 9.93. The molecule has 1 N–H and O–H groups in total. The van der Waals surface area contributed by atoms with Gasteiger partial charge in [-0.25, -0.2) is 4.90 Å². The number of phenols is 1. The van der Waals surface area contributed by atoms with Gasteiger partial charge in [0.25, 0.3) is 17.5 Å². The van der Waals surface area contributed by atoms with Crippen molar-refractivity contribution in [2.75, 3.05) is 19.1 Å². The molecule has 6 rings (SSSR count). The lowest BCUT2D eigenvalue weighted by molar-refractivity contribution is -0.384. The quantitative estimate of drug-likeness (QED) is 0.172. The highest BCUT2D eigenvalue weighted by atomic mass is 35.5. The molecule has 0 radical (unpaired) electrons. The Kier molecular flexibility index (Phi) is 6.66. The summed E-state index contributed by atoms with van der Waals surface area (Å²) in [5.74, 6) is -5.69. The number of non-ortho nitro benzene ring substituents is 1. The summed E-state index contributed by atoms with van der Waals surface area (Å²) >= 11 is 14.2. The number of carbonyl (C=O) groups excluding carboxylic acids is 4. The maximum atomic E-state index is 14.0. The number of hydrogen-bond acceptors (Lipinski definition) is 8. The lowest BCUT2D eigenvalue weighted by atomic mass is 9.57. The van der Waals surface area contributed by atoms with E-state index < -0.39 is 62.0 Å². The van der Waals surface area contributed by atoms with Crippen molar-refractivity contribution in [1.82, 2.24) is 4.90 Å². The van der Waals surface area contributed by atoms with Crippen LogP contribution in [0.15, 0.2) is 60.2 Å². The van der Waals surface area contributed by atoms with Crippen LogP contribution in [0, 0.1) is 33.8 Å². The highest BCUT2D eigenvalue weighted by molar-refractivity contribution is 6.53. The third-order valence-electron chi connectivity index (χ3n) is 9.05. The van der Waals surface area contributed by atoms with E-state index in [2.05, 4.69) is 0 Å². The lowest BCUT2D eigenvalue weighted by Crippen LogP contribution is -2.60. The number of imide groups is 2. The lowest BCUT2D eigenvalue weighted by Gasteiger charge is -2.49. The highest BCUT2D eigenvalue weighted by Crippen LogP contribution is 2.63. The number of carbonyl (C=O) groups is 4. The van der Waals surface area contributed by atoms with Gasteiger partial charge in [0.05, 0.1) is 29.6 Å². The molecule has 0 bridgehead atoms. The van der Waals surface area contributed by atoms with E-state index in [4.69, 9.17) is 27.9 Å². The molecular weight excluding hydrogens is 601 g/mol. The standard InChI is InChI=1S/C30H25Cl2N3O8/c1-33-27(39)29(31)14-20-18(21(30(29,32)28(33)40)10-6-15-7-11-22(36)23(12-15)43-2)8-9-19-24(20)26(38)34(25(19)37)16-4-3-5-17(13-16)35(41)42/h3-8,10-13,19-21,24,36H,9,14H2,1-2H3. The van der Waals surface area contributed by atoms with E-state index in [-0.39, 0.29) is 35.7 Å². The van der Waals surface area contributed by atoms with Gasteiger partial charge in [0.2, 0.25) is 11.8 Å². The summed E-state index contributed by atoms with van der Waals surface area (Å²) in [5.41, 5.74) is 1.01. The Morgan fingerprint density at radius 3 is 2.51 bits per heavy atom. The Bertz CT molecular complexity index is 1690. The average Bonchev–Trinajstić information content (AvgIpc) is 3.32. The van der Waals surface area contributed by atoms with Crippen molar-refractivity contribution < 1.29 is 33.9 Å². The number of fused-ring (bicyclic) bond motifs is 4. The van der Waals surface area contributed by atoms with Crippen molar-refractivity contribution >= 4 is 64.3 Å². The molecule has 6 unspecified atom stereocenters. The first-order chi connectivity index (χ1) is 20.3. The van der Waals surface area contributed by atoms with Gasteiger partial charge in [-0.1, -0.05) is 35.9 Å². The van der Waals surface area contributed by atoms with Crippen LogP contribution in [0.5, 0.6) is 11.5 Å². The molecule has 2 aliphatic carbocycles. The zero-order valence-electron chi connectivity index (χ0n) is 22.9. The van der Waals surface area contributed by atoms with Crippen molar-refractivity contribution in [3.63, 3.8) is 0 Å². The number of likely N-dealkylation sites (tertiary alicyclic amines) is 1. The van der Waals surface area contributed by atoms with Crippen LogP contribution >= 0.6 is 23.2 Å². The number of nitrogens with zero attached hydrogens (tertiary/aromatic N) is 3. The largest absolute Gasteiger partial charge is 0.504 e. The number of alkyl halides is 2. The minimum atomic E-state index is -1.92. The van der Waals surface area contributed by atoms with Gasteiger partial charge in [0.15, 0.2) is 21.2 Å². The number of benzene rings is 2. The number of hydrogen-bond donors (Lipinski definition) is 1. The second-order valence-corrected chi connectivity index (χ2v) is 12.4. The number of ether oxygens (including phenoxy) is 1. The number of phenolic OH excluding ortho intramolecular Hbond substituents is 1. The van der Waals surface area contributed by atoms with E-state index in [0.717, 1.165) is 9.80 Å². The fourth-order valence-electron chi connectivity index (χ4n) is 7.00. The molecular formula is C30H25Cl2N3O8. The molecule has 3 fully saturated rings. The van der Waals surface area contributed by atoms with Crippen molar-refractivity contribution in [1.29, 1.82) is 0 Å². The van der Waals surface area contributed by atoms with Crippen LogP contribution in [0.4, 0.5) is 11.4 Å². The monoisotopic (exact) mass is 625 g/mol. The summed E-state index contributed by atoms with van der Waals surface area (Å²) < 4.78 is 5.19. The summed E-state index contributed by atoms with van der Waals surface area (Å²) in [6.07, 6.45) is 5.09. The van der Waals surface area contributed by atoms with Crippen LogP contribution < -0.4 is 9.64 Å². The van der Waals surface area contributed by atoms with E-state index in [1.54, 1.807) is 30.4 Å². The Balaban J connectivity index is 1.45. The van der Waals surface area contributed by atoms with E-state index in [1.807, 2.05) is 0 Å². The molecule has 2 aliphatic heterocycles. The van der Waals surface area contributed by atoms with Crippen molar-refractivity contribution in [2.45, 2.75) is 22.6 Å².